The molecule has 0 amide bonds. The molecule has 1 aromatic rings. The third-order valence-electron chi connectivity index (χ3n) is 2.23. The normalized spacial score (nSPS) is 12.0. The van der Waals surface area contributed by atoms with Crippen molar-refractivity contribution in [3.63, 3.8) is 0 Å². The van der Waals surface area contributed by atoms with Gasteiger partial charge in [0.15, 0.2) is 6.61 Å². The minimum absolute atomic E-state index is 0.0979. The topological polar surface area (TPSA) is 61.5 Å². The lowest BCUT2D eigenvalue weighted by Crippen LogP contribution is -2.15. The van der Waals surface area contributed by atoms with Crippen molar-refractivity contribution < 1.29 is 14.3 Å². The third kappa shape index (κ3) is 3.24. The van der Waals surface area contributed by atoms with Crippen LogP contribution in [-0.2, 0) is 9.53 Å². The van der Waals surface area contributed by atoms with Crippen molar-refractivity contribution in [1.82, 2.24) is 0 Å². The van der Waals surface area contributed by atoms with E-state index in [0.29, 0.717) is 5.75 Å². The van der Waals surface area contributed by atoms with Gasteiger partial charge in [-0.05, 0) is 19.9 Å². The predicted octanol–water partition coefficient (Wildman–Crippen LogP) is 1.57. The lowest BCUT2D eigenvalue weighted by atomic mass is 10.1. The molecule has 1 atom stereocenters. The molecule has 0 fully saturated rings. The molecule has 88 valence electrons. The van der Waals surface area contributed by atoms with Gasteiger partial charge in [-0.1, -0.05) is 17.7 Å². The van der Waals surface area contributed by atoms with Gasteiger partial charge in [0.1, 0.15) is 5.75 Å². The van der Waals surface area contributed by atoms with E-state index in [1.54, 1.807) is 0 Å². The predicted molar refractivity (Wildman–Crippen MR) is 61.3 cm³/mol. The summed E-state index contributed by atoms with van der Waals surface area (Å²) in [4.78, 5) is 11.0. The van der Waals surface area contributed by atoms with Crippen molar-refractivity contribution in [2.75, 3.05) is 13.7 Å². The molecule has 0 radical (unpaired) electrons. The smallest absolute Gasteiger partial charge is 0.343 e. The number of nitrogens with two attached hydrogens (primary N) is 1. The average molecular weight is 223 g/mol. The number of methoxy groups -OCH3 is 1. The molecule has 0 aromatic heterocycles. The van der Waals surface area contributed by atoms with Gasteiger partial charge in [-0.3, -0.25) is 0 Å². The van der Waals surface area contributed by atoms with Crippen LogP contribution in [-0.4, -0.2) is 19.7 Å². The first kappa shape index (κ1) is 12.5. The summed E-state index contributed by atoms with van der Waals surface area (Å²) in [5, 5.41) is 0. The molecule has 1 aromatic carbocycles. The number of carbonyl (C=O) groups excluding carboxylic acids is 1. The van der Waals surface area contributed by atoms with E-state index < -0.39 is 5.97 Å². The minimum Gasteiger partial charge on any atom is -0.482 e. The molecule has 0 bridgehead atoms. The van der Waals surface area contributed by atoms with Gasteiger partial charge in [0.05, 0.1) is 7.11 Å². The van der Waals surface area contributed by atoms with Crippen LogP contribution in [0.15, 0.2) is 18.2 Å². The average Bonchev–Trinajstić information content (AvgIpc) is 2.26. The highest BCUT2D eigenvalue weighted by Gasteiger charge is 2.10. The zero-order chi connectivity index (χ0) is 12.1. The number of rotatable bonds is 4. The van der Waals surface area contributed by atoms with Crippen LogP contribution in [0.3, 0.4) is 0 Å². The van der Waals surface area contributed by atoms with Crippen molar-refractivity contribution >= 4 is 5.97 Å². The second-order valence-electron chi connectivity index (χ2n) is 3.69. The van der Waals surface area contributed by atoms with Gasteiger partial charge in [-0.25, -0.2) is 4.79 Å². The van der Waals surface area contributed by atoms with Crippen molar-refractivity contribution in [1.29, 1.82) is 0 Å². The van der Waals surface area contributed by atoms with Crippen molar-refractivity contribution in [2.24, 2.45) is 5.73 Å². The fraction of sp³-hybridized carbons (Fsp3) is 0.417. The Kier molecular flexibility index (Phi) is 4.31. The van der Waals surface area contributed by atoms with Gasteiger partial charge in [-0.2, -0.15) is 0 Å². The Morgan fingerprint density at radius 3 is 2.75 bits per heavy atom. The summed E-state index contributed by atoms with van der Waals surface area (Å²) in [5.41, 5.74) is 7.83. The summed E-state index contributed by atoms with van der Waals surface area (Å²) in [7, 11) is 1.33. The molecule has 0 aliphatic rings. The molecule has 0 saturated carbocycles. The molecule has 1 rings (SSSR count). The Hall–Kier alpha value is -1.55. The molecule has 4 nitrogen and oxygen atoms in total. The number of hydrogen-bond acceptors (Lipinski definition) is 4. The largest absolute Gasteiger partial charge is 0.482 e. The summed E-state index contributed by atoms with van der Waals surface area (Å²) in [6, 6.07) is 5.56. The van der Waals surface area contributed by atoms with Crippen LogP contribution in [0.4, 0.5) is 0 Å². The Morgan fingerprint density at radius 2 is 2.19 bits per heavy atom. The highest BCUT2D eigenvalue weighted by Crippen LogP contribution is 2.24. The van der Waals surface area contributed by atoms with Gasteiger partial charge in [-0.15, -0.1) is 0 Å². The van der Waals surface area contributed by atoms with Crippen molar-refractivity contribution in [2.45, 2.75) is 19.9 Å². The molecule has 0 heterocycles. The van der Waals surface area contributed by atoms with Gasteiger partial charge in [0.2, 0.25) is 0 Å². The Bertz CT molecular complexity index is 375. The summed E-state index contributed by atoms with van der Waals surface area (Å²) in [5.74, 6) is 0.224. The van der Waals surface area contributed by atoms with Gasteiger partial charge in [0, 0.05) is 11.6 Å². The standard InChI is InChI=1S/C12H17NO3/c1-8-4-5-11(10(6-8)9(2)13)16-7-12(14)15-3/h4-6,9H,7,13H2,1-3H3/t9-/m0/s1. The van der Waals surface area contributed by atoms with Crippen LogP contribution >= 0.6 is 0 Å². The summed E-state index contributed by atoms with van der Waals surface area (Å²) in [6.45, 7) is 3.76. The van der Waals surface area contributed by atoms with E-state index in [2.05, 4.69) is 4.74 Å². The first-order valence-electron chi connectivity index (χ1n) is 5.10. The van der Waals surface area contributed by atoms with Gasteiger partial charge in [0.25, 0.3) is 0 Å². The maximum atomic E-state index is 11.0. The maximum Gasteiger partial charge on any atom is 0.343 e. The van der Waals surface area contributed by atoms with E-state index in [1.165, 1.54) is 7.11 Å². The first-order chi connectivity index (χ1) is 7.54. The highest BCUT2D eigenvalue weighted by molar-refractivity contribution is 5.70. The van der Waals surface area contributed by atoms with E-state index in [1.807, 2.05) is 32.0 Å². The van der Waals surface area contributed by atoms with Crippen LogP contribution in [0, 0.1) is 6.92 Å². The van der Waals surface area contributed by atoms with E-state index in [0.717, 1.165) is 11.1 Å². The zero-order valence-electron chi connectivity index (χ0n) is 9.82. The van der Waals surface area contributed by atoms with Gasteiger partial charge >= 0.3 is 5.97 Å². The van der Waals surface area contributed by atoms with E-state index in [4.69, 9.17) is 10.5 Å². The van der Waals surface area contributed by atoms with Crippen LogP contribution < -0.4 is 10.5 Å². The highest BCUT2D eigenvalue weighted by atomic mass is 16.6. The molecular weight excluding hydrogens is 206 g/mol. The van der Waals surface area contributed by atoms with Gasteiger partial charge < -0.3 is 15.2 Å². The fourth-order valence-corrected chi connectivity index (χ4v) is 1.35. The summed E-state index contributed by atoms with van der Waals surface area (Å²) in [6.07, 6.45) is 0. The summed E-state index contributed by atoms with van der Waals surface area (Å²) < 4.78 is 9.85. The van der Waals surface area contributed by atoms with Crippen LogP contribution in [0.2, 0.25) is 0 Å². The minimum atomic E-state index is -0.406. The number of carbonyl (C=O) groups is 1. The number of aryl methyl sites for hydroxylation is 1. The molecule has 16 heavy (non-hydrogen) atoms. The summed E-state index contributed by atoms with van der Waals surface area (Å²) >= 11 is 0. The van der Waals surface area contributed by atoms with Crippen LogP contribution in [0.25, 0.3) is 0 Å². The second-order valence-corrected chi connectivity index (χ2v) is 3.69. The Labute approximate surface area is 95.3 Å². The Balaban J connectivity index is 2.82. The third-order valence-corrected chi connectivity index (χ3v) is 2.23. The molecular formula is C12H17NO3. The van der Waals surface area contributed by atoms with E-state index in [-0.39, 0.29) is 12.6 Å². The SMILES string of the molecule is COC(=O)COc1ccc(C)cc1[C@H](C)N. The number of esters is 1. The van der Waals surface area contributed by atoms with Crippen LogP contribution in [0.1, 0.15) is 24.1 Å². The molecule has 0 unspecified atom stereocenters. The second kappa shape index (κ2) is 5.51. The molecule has 0 saturated heterocycles. The fourth-order valence-electron chi connectivity index (χ4n) is 1.35. The van der Waals surface area contributed by atoms with Crippen molar-refractivity contribution in [3.05, 3.63) is 29.3 Å². The molecule has 2 N–H and O–H groups in total. The Morgan fingerprint density at radius 1 is 1.50 bits per heavy atom. The van der Waals surface area contributed by atoms with E-state index in [9.17, 15) is 4.79 Å². The van der Waals surface area contributed by atoms with E-state index >= 15 is 0 Å². The molecule has 4 heteroatoms. The zero-order valence-corrected chi connectivity index (χ0v) is 9.82. The maximum absolute atomic E-state index is 11.0. The molecule has 0 aliphatic heterocycles. The first-order valence-corrected chi connectivity index (χ1v) is 5.10. The quantitative estimate of drug-likeness (QED) is 0.787. The number of benzene rings is 1. The van der Waals surface area contributed by atoms with Crippen LogP contribution in [0.5, 0.6) is 5.75 Å². The number of hydrogen-bond donors (Lipinski definition) is 1. The number of ether oxygens (including phenoxy) is 2. The molecule has 0 aliphatic carbocycles. The van der Waals surface area contributed by atoms with Crippen molar-refractivity contribution in [3.8, 4) is 5.75 Å². The monoisotopic (exact) mass is 223 g/mol. The lowest BCUT2D eigenvalue weighted by molar-refractivity contribution is -0.142. The molecule has 0 spiro atoms. The lowest BCUT2D eigenvalue weighted by Gasteiger charge is -2.14.